The Bertz CT molecular complexity index is 1990. The van der Waals surface area contributed by atoms with Gasteiger partial charge in [-0.05, 0) is 95.9 Å². The summed E-state index contributed by atoms with van der Waals surface area (Å²) in [5.74, 6) is -11.4. The van der Waals surface area contributed by atoms with Crippen molar-refractivity contribution in [2.45, 2.75) is 171 Å². The molecule has 0 aromatic heterocycles. The molecular weight excluding hydrogens is 951 g/mol. The summed E-state index contributed by atoms with van der Waals surface area (Å²) in [6.45, 7) is 3.03. The fourth-order valence-corrected chi connectivity index (χ4v) is 8.99. The van der Waals surface area contributed by atoms with Crippen molar-refractivity contribution < 1.29 is 78.0 Å². The number of nitrogens with two attached hydrogens (primary N) is 3. The van der Waals surface area contributed by atoms with Gasteiger partial charge in [0.25, 0.3) is 0 Å². The SMILES string of the molecule is CC(C)C[C@H](NC(=O)[C@@H]1CCCN1C(=O)[C@H](CCC(=O)O)NC(=O)[C@@H]1CCCN1C(=O)[C@@H](N)CCC(N)=O)C(=O)N[C@@H](CCC(=O)O)C(=O)N[C@@H](CCCCN)C(=O)N1CCC[C@H]1C(=O)N[C@@H](CO)C(=O)O. The Labute approximate surface area is 416 Å². The van der Waals surface area contributed by atoms with Gasteiger partial charge >= 0.3 is 17.9 Å². The van der Waals surface area contributed by atoms with Crippen LogP contribution in [0.4, 0.5) is 0 Å². The van der Waals surface area contributed by atoms with Crippen LogP contribution >= 0.6 is 0 Å². The van der Waals surface area contributed by atoms with Gasteiger partial charge in [-0.2, -0.15) is 0 Å². The molecule has 72 heavy (non-hydrogen) atoms. The van der Waals surface area contributed by atoms with Crippen molar-refractivity contribution in [2.24, 2.45) is 23.1 Å². The predicted molar refractivity (Wildman–Crippen MR) is 251 cm³/mol. The fourth-order valence-electron chi connectivity index (χ4n) is 8.99. The van der Waals surface area contributed by atoms with Gasteiger partial charge in [-0.1, -0.05) is 13.8 Å². The number of primary amides is 1. The number of unbranched alkanes of at least 4 members (excludes halogenated alkanes) is 1. The van der Waals surface area contributed by atoms with Gasteiger partial charge in [0.15, 0.2) is 0 Å². The van der Waals surface area contributed by atoms with Crippen molar-refractivity contribution in [1.82, 2.24) is 41.3 Å². The minimum atomic E-state index is -1.64. The molecule has 0 aromatic carbocycles. The van der Waals surface area contributed by atoms with Crippen LogP contribution in [0.15, 0.2) is 0 Å². The number of carbonyl (C=O) groups excluding carboxylic acids is 9. The number of carbonyl (C=O) groups is 12. The summed E-state index contributed by atoms with van der Waals surface area (Å²) in [5.41, 5.74) is 16.9. The molecule has 0 bridgehead atoms. The summed E-state index contributed by atoms with van der Waals surface area (Å²) >= 11 is 0. The zero-order valence-electron chi connectivity index (χ0n) is 40.9. The minimum Gasteiger partial charge on any atom is -0.481 e. The van der Waals surface area contributed by atoms with E-state index in [2.05, 4.69) is 26.6 Å². The summed E-state index contributed by atoms with van der Waals surface area (Å²) in [5, 5.41) is 50.4. The van der Waals surface area contributed by atoms with Crippen molar-refractivity contribution in [3.63, 3.8) is 0 Å². The van der Waals surface area contributed by atoms with Gasteiger partial charge in [0, 0.05) is 38.9 Å². The summed E-state index contributed by atoms with van der Waals surface area (Å²) < 4.78 is 0. The Morgan fingerprint density at radius 2 is 0.958 bits per heavy atom. The number of aliphatic hydroxyl groups is 1. The second-order valence-electron chi connectivity index (χ2n) is 18.8. The average Bonchev–Trinajstić information content (AvgIpc) is 4.13. The molecule has 0 spiro atoms. The molecule has 3 saturated heterocycles. The van der Waals surface area contributed by atoms with E-state index in [9.17, 15) is 78.0 Å². The van der Waals surface area contributed by atoms with Crippen LogP contribution in [0.2, 0.25) is 0 Å². The first-order valence-corrected chi connectivity index (χ1v) is 24.5. The molecule has 0 radical (unpaired) electrons. The van der Waals surface area contributed by atoms with E-state index in [0.717, 1.165) is 0 Å². The molecule has 0 saturated carbocycles. The third-order valence-electron chi connectivity index (χ3n) is 12.8. The highest BCUT2D eigenvalue weighted by atomic mass is 16.4. The van der Waals surface area contributed by atoms with Gasteiger partial charge in [0.1, 0.15) is 48.3 Å². The van der Waals surface area contributed by atoms with Crippen LogP contribution in [0.25, 0.3) is 0 Å². The lowest BCUT2D eigenvalue weighted by atomic mass is 10.0. The second-order valence-corrected chi connectivity index (χ2v) is 18.8. The number of nitrogens with zero attached hydrogens (tertiary/aromatic N) is 3. The quantitative estimate of drug-likeness (QED) is 0.0305. The molecule has 9 atom stereocenters. The number of amides is 9. The molecule has 3 aliphatic rings. The Hall–Kier alpha value is -6.48. The lowest BCUT2D eigenvalue weighted by Gasteiger charge is -2.32. The Kier molecular flexibility index (Phi) is 24.2. The number of carboxylic acids is 3. The Balaban J connectivity index is 1.82. The number of carboxylic acid groups (broad SMARTS) is 3. The predicted octanol–water partition coefficient (Wildman–Crippen LogP) is -4.04. The lowest BCUT2D eigenvalue weighted by molar-refractivity contribution is -0.146. The topological polar surface area (TPSA) is 434 Å². The highest BCUT2D eigenvalue weighted by Crippen LogP contribution is 2.24. The fraction of sp³-hybridized carbons (Fsp3) is 0.733. The molecule has 404 valence electrons. The number of likely N-dealkylation sites (tertiary alicyclic amines) is 3. The van der Waals surface area contributed by atoms with E-state index < -0.39 is 151 Å². The number of nitrogens with one attached hydrogen (secondary N) is 5. The maximum Gasteiger partial charge on any atom is 0.328 e. The standard InChI is InChI=1S/C45H73N11O16/c1-24(2)22-29(38(64)49-26(13-16-35(59)60)37(63)50-27(8-3-4-18-46)43(69)55-20-7-11-33(55)41(67)53-30(23-57)45(71)72)52-40(66)32-10-6-21-56(32)44(70)28(14-17-36(61)62)51-39(65)31-9-5-19-54(31)42(68)25(47)12-15-34(48)58/h24-33,57H,3-23,46-47H2,1-2H3,(H2,48,58)(H,49,64)(H,50,63)(H,51,65)(H,52,66)(H,53,67)(H,59,60)(H,61,62)(H,71,72)/t25-,26-,27-,28-,29-,30-,31-,32-,33-/m0/s1. The zero-order chi connectivity index (χ0) is 53.8. The van der Waals surface area contributed by atoms with E-state index in [1.165, 1.54) is 14.7 Å². The van der Waals surface area contributed by atoms with E-state index in [-0.39, 0.29) is 83.5 Å². The number of aliphatic hydroxyl groups excluding tert-OH is 1. The van der Waals surface area contributed by atoms with Crippen molar-refractivity contribution in [2.75, 3.05) is 32.8 Å². The van der Waals surface area contributed by atoms with Crippen LogP contribution in [0.3, 0.4) is 0 Å². The first-order chi connectivity index (χ1) is 34.0. The maximum atomic E-state index is 14.2. The van der Waals surface area contributed by atoms with Gasteiger partial charge in [-0.25, -0.2) is 4.79 Å². The molecule has 3 rings (SSSR count). The van der Waals surface area contributed by atoms with Crippen LogP contribution in [-0.2, 0) is 57.5 Å². The Morgan fingerprint density at radius 3 is 1.39 bits per heavy atom. The molecule has 27 nitrogen and oxygen atoms in total. The first-order valence-electron chi connectivity index (χ1n) is 24.5. The van der Waals surface area contributed by atoms with Gasteiger partial charge in [-0.3, -0.25) is 52.7 Å². The van der Waals surface area contributed by atoms with E-state index in [0.29, 0.717) is 32.1 Å². The van der Waals surface area contributed by atoms with Crippen LogP contribution in [0, 0.1) is 5.92 Å². The van der Waals surface area contributed by atoms with Gasteiger partial charge in [0.2, 0.25) is 53.2 Å². The minimum absolute atomic E-state index is 0.0107. The monoisotopic (exact) mass is 1020 g/mol. The molecule has 15 N–H and O–H groups in total. The summed E-state index contributed by atoms with van der Waals surface area (Å²) in [6, 6.07) is -11.9. The second kappa shape index (κ2) is 29.1. The van der Waals surface area contributed by atoms with Crippen molar-refractivity contribution in [3.05, 3.63) is 0 Å². The van der Waals surface area contributed by atoms with Gasteiger partial charge in [-0.15, -0.1) is 0 Å². The summed E-state index contributed by atoms with van der Waals surface area (Å²) in [6.07, 6.45) is 0.00861. The Morgan fingerprint density at radius 1 is 0.542 bits per heavy atom. The summed E-state index contributed by atoms with van der Waals surface area (Å²) in [7, 11) is 0. The molecule has 3 aliphatic heterocycles. The van der Waals surface area contributed by atoms with E-state index in [4.69, 9.17) is 17.2 Å². The highest BCUT2D eigenvalue weighted by molar-refractivity contribution is 5.98. The van der Waals surface area contributed by atoms with Crippen LogP contribution in [0.5, 0.6) is 0 Å². The molecule has 3 fully saturated rings. The summed E-state index contributed by atoms with van der Waals surface area (Å²) in [4.78, 5) is 160. The maximum absolute atomic E-state index is 14.2. The van der Waals surface area contributed by atoms with Crippen molar-refractivity contribution in [1.29, 1.82) is 0 Å². The lowest BCUT2D eigenvalue weighted by Crippen LogP contribution is -2.60. The van der Waals surface area contributed by atoms with Gasteiger partial charge < -0.3 is 78.9 Å². The van der Waals surface area contributed by atoms with E-state index >= 15 is 0 Å². The molecule has 0 aromatic rings. The number of rotatable bonds is 30. The molecule has 3 heterocycles. The first kappa shape index (κ1) is 59.8. The average molecular weight is 1020 g/mol. The number of aliphatic carboxylic acids is 3. The molecule has 9 amide bonds. The van der Waals surface area contributed by atoms with Crippen molar-refractivity contribution in [3.8, 4) is 0 Å². The largest absolute Gasteiger partial charge is 0.481 e. The van der Waals surface area contributed by atoms with Crippen molar-refractivity contribution >= 4 is 71.1 Å². The number of hydrogen-bond acceptors (Lipinski definition) is 15. The normalized spacial score (nSPS) is 20.1. The van der Waals surface area contributed by atoms with E-state index in [1.807, 2.05) is 0 Å². The number of hydrogen-bond donors (Lipinski definition) is 12. The molecule has 27 heteroatoms. The van der Waals surface area contributed by atoms with Gasteiger partial charge in [0.05, 0.1) is 12.6 Å². The smallest absolute Gasteiger partial charge is 0.328 e. The molecule has 0 unspecified atom stereocenters. The van der Waals surface area contributed by atoms with Crippen LogP contribution in [-0.4, -0.2) is 193 Å². The van der Waals surface area contributed by atoms with Crippen LogP contribution < -0.4 is 43.8 Å². The highest BCUT2D eigenvalue weighted by Gasteiger charge is 2.43. The molecular formula is C45H73N11O16. The van der Waals surface area contributed by atoms with E-state index in [1.54, 1.807) is 13.8 Å². The zero-order valence-corrected chi connectivity index (χ0v) is 40.9. The van der Waals surface area contributed by atoms with Crippen LogP contribution in [0.1, 0.15) is 117 Å². The third-order valence-corrected chi connectivity index (χ3v) is 12.8. The molecule has 0 aliphatic carbocycles. The third kappa shape index (κ3) is 18.0.